The number of nitrogens with one attached hydrogen (secondary N) is 1. The van der Waals surface area contributed by atoms with Crippen LogP contribution >= 0.6 is 22.7 Å². The summed E-state index contributed by atoms with van der Waals surface area (Å²) in [5, 5.41) is 13.9. The number of hydrogen-bond acceptors (Lipinski definition) is 7. The molecule has 0 spiro atoms. The highest BCUT2D eigenvalue weighted by Crippen LogP contribution is 2.30. The lowest BCUT2D eigenvalue weighted by Gasteiger charge is -2.25. The quantitative estimate of drug-likeness (QED) is 0.721. The number of rotatable bonds is 7. The standard InChI is InChI=1S/C17H24N4O3S3/c1-3-12(4-2)16-19-20-17(26-16)18-15(22)14-13(8-11-25-14)27(23,24)21-9-6-5-7-10-21/h8,11-12H,3-7,9-10H2,1-2H3,(H,18,20,22). The highest BCUT2D eigenvalue weighted by molar-refractivity contribution is 7.89. The van der Waals surface area contributed by atoms with Crippen molar-refractivity contribution in [3.8, 4) is 0 Å². The Labute approximate surface area is 167 Å². The number of nitrogens with zero attached hydrogens (tertiary/aromatic N) is 3. The fourth-order valence-electron chi connectivity index (χ4n) is 3.15. The molecule has 3 heterocycles. The maximum absolute atomic E-state index is 12.9. The van der Waals surface area contributed by atoms with Crippen LogP contribution in [-0.4, -0.2) is 41.9 Å². The lowest BCUT2D eigenvalue weighted by atomic mass is 10.1. The van der Waals surface area contributed by atoms with E-state index in [1.165, 1.54) is 21.7 Å². The van der Waals surface area contributed by atoms with Crippen LogP contribution in [0.25, 0.3) is 0 Å². The van der Waals surface area contributed by atoms with Crippen LogP contribution in [-0.2, 0) is 10.0 Å². The topological polar surface area (TPSA) is 92.3 Å². The Hall–Kier alpha value is -1.36. The molecule has 0 unspecified atom stereocenters. The largest absolute Gasteiger partial charge is 0.296 e. The number of aromatic nitrogens is 2. The zero-order valence-electron chi connectivity index (χ0n) is 15.5. The van der Waals surface area contributed by atoms with Crippen LogP contribution in [0.15, 0.2) is 16.3 Å². The first-order valence-corrected chi connectivity index (χ1v) is 12.3. The van der Waals surface area contributed by atoms with Crippen LogP contribution in [0.3, 0.4) is 0 Å². The van der Waals surface area contributed by atoms with E-state index < -0.39 is 15.9 Å². The van der Waals surface area contributed by atoms with Crippen LogP contribution in [0, 0.1) is 0 Å². The number of thiophene rings is 1. The van der Waals surface area contributed by atoms with E-state index in [-0.39, 0.29) is 9.77 Å². The molecule has 1 saturated heterocycles. The van der Waals surface area contributed by atoms with Gasteiger partial charge in [-0.1, -0.05) is 31.6 Å². The summed E-state index contributed by atoms with van der Waals surface area (Å²) in [5.41, 5.74) is 0. The average molecular weight is 429 g/mol. The molecule has 1 amide bonds. The Morgan fingerprint density at radius 1 is 1.22 bits per heavy atom. The molecule has 0 atom stereocenters. The van der Waals surface area contributed by atoms with Gasteiger partial charge in [-0.05, 0) is 37.1 Å². The van der Waals surface area contributed by atoms with Crippen LogP contribution in [0.5, 0.6) is 0 Å². The molecule has 7 nitrogen and oxygen atoms in total. The molecular weight excluding hydrogens is 404 g/mol. The highest BCUT2D eigenvalue weighted by atomic mass is 32.2. The highest BCUT2D eigenvalue weighted by Gasteiger charge is 2.31. The molecule has 1 aliphatic rings. The molecule has 2 aromatic rings. The van der Waals surface area contributed by atoms with Gasteiger partial charge >= 0.3 is 0 Å². The SMILES string of the molecule is CCC(CC)c1nnc(NC(=O)c2sccc2S(=O)(=O)N2CCCCC2)s1. The van der Waals surface area contributed by atoms with Crippen molar-refractivity contribution >= 4 is 43.7 Å². The number of amides is 1. The second kappa shape index (κ2) is 8.76. The Morgan fingerprint density at radius 3 is 2.59 bits per heavy atom. The van der Waals surface area contributed by atoms with Gasteiger partial charge in [0.05, 0.1) is 0 Å². The summed E-state index contributed by atoms with van der Waals surface area (Å²) in [4.78, 5) is 13.0. The Balaban J connectivity index is 1.78. The second-order valence-corrected chi connectivity index (χ2v) is 10.3. The van der Waals surface area contributed by atoms with Gasteiger partial charge in [0.15, 0.2) is 0 Å². The van der Waals surface area contributed by atoms with Crippen molar-refractivity contribution in [2.24, 2.45) is 0 Å². The fourth-order valence-corrected chi connectivity index (χ4v) is 6.97. The molecular formula is C17H24N4O3S3. The molecule has 1 fully saturated rings. The van der Waals surface area contributed by atoms with Crippen LogP contribution < -0.4 is 5.32 Å². The van der Waals surface area contributed by atoms with E-state index in [0.717, 1.165) is 48.4 Å². The Morgan fingerprint density at radius 2 is 1.93 bits per heavy atom. The number of carbonyl (C=O) groups is 1. The Bertz CT molecular complexity index is 881. The minimum Gasteiger partial charge on any atom is -0.296 e. The molecule has 27 heavy (non-hydrogen) atoms. The lowest BCUT2D eigenvalue weighted by molar-refractivity contribution is 0.102. The number of carbonyl (C=O) groups excluding carboxylic acids is 1. The lowest BCUT2D eigenvalue weighted by Crippen LogP contribution is -2.36. The summed E-state index contributed by atoms with van der Waals surface area (Å²) in [7, 11) is -3.65. The van der Waals surface area contributed by atoms with Crippen molar-refractivity contribution in [2.45, 2.75) is 56.8 Å². The normalized spacial score (nSPS) is 16.0. The number of hydrogen-bond donors (Lipinski definition) is 1. The maximum Gasteiger partial charge on any atom is 0.268 e. The molecule has 1 aliphatic heterocycles. The number of piperidine rings is 1. The minimum atomic E-state index is -3.65. The molecule has 2 aromatic heterocycles. The minimum absolute atomic E-state index is 0.0802. The average Bonchev–Trinajstić information content (AvgIpc) is 3.34. The van der Waals surface area contributed by atoms with Gasteiger partial charge in [-0.15, -0.1) is 21.5 Å². The second-order valence-electron chi connectivity index (χ2n) is 6.49. The molecule has 0 aromatic carbocycles. The monoisotopic (exact) mass is 428 g/mol. The van der Waals surface area contributed by atoms with Gasteiger partial charge in [-0.3, -0.25) is 10.1 Å². The van der Waals surface area contributed by atoms with Crippen LogP contribution in [0.4, 0.5) is 5.13 Å². The molecule has 3 rings (SSSR count). The number of anilines is 1. The molecule has 0 bridgehead atoms. The van der Waals surface area contributed by atoms with Crippen molar-refractivity contribution in [1.82, 2.24) is 14.5 Å². The first kappa shape index (κ1) is 20.4. The van der Waals surface area contributed by atoms with E-state index in [0.29, 0.717) is 24.1 Å². The van der Waals surface area contributed by atoms with E-state index >= 15 is 0 Å². The van der Waals surface area contributed by atoms with Gasteiger partial charge in [0.25, 0.3) is 5.91 Å². The van der Waals surface area contributed by atoms with Crippen molar-refractivity contribution < 1.29 is 13.2 Å². The fraction of sp³-hybridized carbons (Fsp3) is 0.588. The van der Waals surface area contributed by atoms with Gasteiger partial charge in [0, 0.05) is 19.0 Å². The summed E-state index contributed by atoms with van der Waals surface area (Å²) < 4.78 is 27.3. The molecule has 1 N–H and O–H groups in total. The molecule has 0 saturated carbocycles. The third-order valence-electron chi connectivity index (χ3n) is 4.76. The van der Waals surface area contributed by atoms with Crippen molar-refractivity contribution in [3.05, 3.63) is 21.3 Å². The molecule has 0 radical (unpaired) electrons. The summed E-state index contributed by atoms with van der Waals surface area (Å²) in [6.45, 7) is 5.21. The van der Waals surface area contributed by atoms with E-state index in [9.17, 15) is 13.2 Å². The van der Waals surface area contributed by atoms with Gasteiger partial charge < -0.3 is 0 Å². The van der Waals surface area contributed by atoms with Gasteiger partial charge in [0.1, 0.15) is 14.8 Å². The summed E-state index contributed by atoms with van der Waals surface area (Å²) in [6, 6.07) is 1.51. The van der Waals surface area contributed by atoms with Crippen molar-refractivity contribution in [3.63, 3.8) is 0 Å². The third-order valence-corrected chi connectivity index (χ3v) is 8.75. The van der Waals surface area contributed by atoms with E-state index in [2.05, 4.69) is 29.4 Å². The number of sulfonamides is 1. The van der Waals surface area contributed by atoms with E-state index in [1.807, 2.05) is 0 Å². The zero-order valence-corrected chi connectivity index (χ0v) is 17.9. The predicted octanol–water partition coefficient (Wildman–Crippen LogP) is 3.93. The predicted molar refractivity (Wildman–Crippen MR) is 108 cm³/mol. The molecule has 10 heteroatoms. The summed E-state index contributed by atoms with van der Waals surface area (Å²) in [6.07, 6.45) is 4.67. The van der Waals surface area contributed by atoms with Gasteiger partial charge in [-0.2, -0.15) is 4.31 Å². The third kappa shape index (κ3) is 4.39. The maximum atomic E-state index is 12.9. The Kier molecular flexibility index (Phi) is 6.61. The smallest absolute Gasteiger partial charge is 0.268 e. The van der Waals surface area contributed by atoms with Gasteiger partial charge in [-0.25, -0.2) is 8.42 Å². The summed E-state index contributed by atoms with van der Waals surface area (Å²) >= 11 is 2.48. The van der Waals surface area contributed by atoms with Crippen LogP contribution in [0.2, 0.25) is 0 Å². The van der Waals surface area contributed by atoms with Crippen LogP contribution in [0.1, 0.15) is 66.5 Å². The van der Waals surface area contributed by atoms with Gasteiger partial charge in [0.2, 0.25) is 15.2 Å². The van der Waals surface area contributed by atoms with Crippen molar-refractivity contribution in [1.29, 1.82) is 0 Å². The zero-order chi connectivity index (χ0) is 19.4. The van der Waals surface area contributed by atoms with E-state index in [4.69, 9.17) is 0 Å². The van der Waals surface area contributed by atoms with E-state index in [1.54, 1.807) is 5.38 Å². The molecule has 148 valence electrons. The first-order chi connectivity index (χ1) is 13.0. The van der Waals surface area contributed by atoms with Crippen molar-refractivity contribution in [2.75, 3.05) is 18.4 Å². The summed E-state index contributed by atoms with van der Waals surface area (Å²) in [5.74, 6) is -0.127. The molecule has 0 aliphatic carbocycles. The first-order valence-electron chi connectivity index (χ1n) is 9.19.